The number of carbonyl (C=O) groups excluding carboxylic acids is 2. The Morgan fingerprint density at radius 2 is 1.66 bits per heavy atom. The van der Waals surface area contributed by atoms with Crippen LogP contribution >= 0.6 is 11.6 Å². The summed E-state index contributed by atoms with van der Waals surface area (Å²) in [7, 11) is -3.53. The molecule has 2 amide bonds. The third kappa shape index (κ3) is 8.85. The van der Waals surface area contributed by atoms with Crippen molar-refractivity contribution in [3.05, 3.63) is 64.2 Å². The molecule has 0 spiro atoms. The number of rotatable bonds is 12. The number of carbonyl (C=O) groups is 2. The molecule has 0 fully saturated rings. The summed E-state index contributed by atoms with van der Waals surface area (Å²) < 4.78 is 26.3. The van der Waals surface area contributed by atoms with E-state index in [1.165, 1.54) is 15.5 Å². The van der Waals surface area contributed by atoms with E-state index in [0.717, 1.165) is 23.1 Å². The fourth-order valence-corrected chi connectivity index (χ4v) is 4.94. The fourth-order valence-electron chi connectivity index (χ4n) is 3.86. The maximum absolute atomic E-state index is 13.3. The fraction of sp³-hybridized carbons (Fsp3) is 0.462. The van der Waals surface area contributed by atoms with Crippen LogP contribution in [-0.2, 0) is 26.2 Å². The van der Waals surface area contributed by atoms with E-state index in [4.69, 9.17) is 11.6 Å². The molecule has 0 bridgehead atoms. The first-order chi connectivity index (χ1) is 16.4. The molecular formula is C26H36ClN3O4S. The standard InChI is InChI=1S/C26H36ClN3O4S/c1-6-13-28-26(32)21(4)29(18-22-9-11-23(27)12-10-22)25(31)8-7-14-30(35(5,33)34)24-16-19(2)15-20(3)17-24/h9-12,15-17,21H,6-8,13-14,18H2,1-5H3,(H,28,32). The summed E-state index contributed by atoms with van der Waals surface area (Å²) in [6, 6.07) is 12.1. The third-order valence-corrected chi connectivity index (χ3v) is 7.08. The Morgan fingerprint density at radius 3 is 2.20 bits per heavy atom. The highest BCUT2D eigenvalue weighted by Gasteiger charge is 2.26. The molecule has 0 saturated carbocycles. The van der Waals surface area contributed by atoms with Crippen LogP contribution < -0.4 is 9.62 Å². The SMILES string of the molecule is CCCNC(=O)C(C)N(Cc1ccc(Cl)cc1)C(=O)CCCN(c1cc(C)cc(C)c1)S(C)(=O)=O. The number of aryl methyl sites for hydroxylation is 2. The van der Waals surface area contributed by atoms with Gasteiger partial charge in [0.1, 0.15) is 6.04 Å². The molecule has 35 heavy (non-hydrogen) atoms. The van der Waals surface area contributed by atoms with Crippen LogP contribution in [0.5, 0.6) is 0 Å². The molecule has 0 saturated heterocycles. The van der Waals surface area contributed by atoms with E-state index in [1.807, 2.05) is 51.1 Å². The van der Waals surface area contributed by atoms with Gasteiger partial charge in [-0.3, -0.25) is 13.9 Å². The van der Waals surface area contributed by atoms with Crippen LogP contribution in [0.1, 0.15) is 49.8 Å². The number of anilines is 1. The molecule has 2 aromatic rings. The van der Waals surface area contributed by atoms with Crippen molar-refractivity contribution in [2.45, 2.75) is 59.5 Å². The van der Waals surface area contributed by atoms with E-state index in [2.05, 4.69) is 5.32 Å². The van der Waals surface area contributed by atoms with Crippen molar-refractivity contribution in [1.82, 2.24) is 10.2 Å². The largest absolute Gasteiger partial charge is 0.354 e. The van der Waals surface area contributed by atoms with Gasteiger partial charge in [-0.25, -0.2) is 8.42 Å². The number of hydrogen-bond donors (Lipinski definition) is 1. The Hall–Kier alpha value is -2.58. The van der Waals surface area contributed by atoms with E-state index in [0.29, 0.717) is 23.7 Å². The predicted octanol–water partition coefficient (Wildman–Crippen LogP) is 4.45. The quantitative estimate of drug-likeness (QED) is 0.447. The summed E-state index contributed by atoms with van der Waals surface area (Å²) in [6.07, 6.45) is 2.39. The average Bonchev–Trinajstić information content (AvgIpc) is 2.77. The molecule has 0 aliphatic rings. The molecule has 7 nitrogen and oxygen atoms in total. The van der Waals surface area contributed by atoms with Gasteiger partial charge in [-0.15, -0.1) is 0 Å². The summed E-state index contributed by atoms with van der Waals surface area (Å²) in [5.41, 5.74) is 3.37. The molecule has 2 rings (SSSR count). The predicted molar refractivity (Wildman–Crippen MR) is 142 cm³/mol. The highest BCUT2D eigenvalue weighted by atomic mass is 35.5. The van der Waals surface area contributed by atoms with E-state index in [-0.39, 0.29) is 31.3 Å². The first kappa shape index (κ1) is 28.7. The van der Waals surface area contributed by atoms with Crippen LogP contribution in [0.2, 0.25) is 5.02 Å². The highest BCUT2D eigenvalue weighted by Crippen LogP contribution is 2.22. The summed E-state index contributed by atoms with van der Waals surface area (Å²) >= 11 is 5.99. The zero-order valence-electron chi connectivity index (χ0n) is 21.2. The minimum absolute atomic E-state index is 0.107. The second-order valence-corrected chi connectivity index (χ2v) is 11.2. The van der Waals surface area contributed by atoms with Crippen molar-refractivity contribution in [2.24, 2.45) is 0 Å². The monoisotopic (exact) mass is 521 g/mol. The molecule has 0 radical (unpaired) electrons. The second kappa shape index (κ2) is 12.9. The highest BCUT2D eigenvalue weighted by molar-refractivity contribution is 7.92. The lowest BCUT2D eigenvalue weighted by Gasteiger charge is -2.29. The van der Waals surface area contributed by atoms with Crippen LogP contribution in [0.3, 0.4) is 0 Å². The Morgan fingerprint density at radius 1 is 1.06 bits per heavy atom. The number of sulfonamides is 1. The summed E-state index contributed by atoms with van der Waals surface area (Å²) in [6.45, 7) is 8.45. The van der Waals surface area contributed by atoms with Gasteiger partial charge in [0, 0.05) is 31.1 Å². The molecule has 0 aliphatic carbocycles. The van der Waals surface area contributed by atoms with Crippen molar-refractivity contribution in [3.8, 4) is 0 Å². The lowest BCUT2D eigenvalue weighted by atomic mass is 10.1. The van der Waals surface area contributed by atoms with Gasteiger partial charge in [-0.2, -0.15) is 0 Å². The van der Waals surface area contributed by atoms with Crippen molar-refractivity contribution in [2.75, 3.05) is 23.7 Å². The normalized spacial score (nSPS) is 12.2. The smallest absolute Gasteiger partial charge is 0.242 e. The lowest BCUT2D eigenvalue weighted by molar-refractivity contribution is -0.140. The van der Waals surface area contributed by atoms with Crippen molar-refractivity contribution < 1.29 is 18.0 Å². The molecule has 1 atom stereocenters. The summed E-state index contributed by atoms with van der Waals surface area (Å²) in [5, 5.41) is 3.44. The van der Waals surface area contributed by atoms with Gasteiger partial charge in [-0.1, -0.05) is 36.7 Å². The van der Waals surface area contributed by atoms with Crippen LogP contribution in [0, 0.1) is 13.8 Å². The molecule has 0 heterocycles. The van der Waals surface area contributed by atoms with Gasteiger partial charge in [-0.05, 0) is 74.6 Å². The van der Waals surface area contributed by atoms with Crippen molar-refractivity contribution in [1.29, 1.82) is 0 Å². The van der Waals surface area contributed by atoms with E-state index < -0.39 is 16.1 Å². The van der Waals surface area contributed by atoms with Crippen molar-refractivity contribution in [3.63, 3.8) is 0 Å². The van der Waals surface area contributed by atoms with Gasteiger partial charge in [0.05, 0.1) is 11.9 Å². The molecule has 0 aromatic heterocycles. The maximum Gasteiger partial charge on any atom is 0.242 e. The topological polar surface area (TPSA) is 86.8 Å². The maximum atomic E-state index is 13.3. The number of benzene rings is 2. The summed E-state index contributed by atoms with van der Waals surface area (Å²) in [4.78, 5) is 27.4. The van der Waals surface area contributed by atoms with E-state index in [9.17, 15) is 18.0 Å². The molecule has 1 unspecified atom stereocenters. The Balaban J connectivity index is 2.17. The molecular weight excluding hydrogens is 486 g/mol. The first-order valence-electron chi connectivity index (χ1n) is 11.8. The van der Waals surface area contributed by atoms with Crippen molar-refractivity contribution >= 4 is 39.1 Å². The molecule has 192 valence electrons. The van der Waals surface area contributed by atoms with Gasteiger partial charge < -0.3 is 10.2 Å². The third-order valence-electron chi connectivity index (χ3n) is 5.63. The van der Waals surface area contributed by atoms with Crippen LogP contribution in [0.25, 0.3) is 0 Å². The number of nitrogens with one attached hydrogen (secondary N) is 1. The number of halogens is 1. The van der Waals surface area contributed by atoms with Crippen LogP contribution in [-0.4, -0.2) is 50.5 Å². The van der Waals surface area contributed by atoms with Crippen LogP contribution in [0.15, 0.2) is 42.5 Å². The Labute approximate surface area is 214 Å². The molecule has 2 aromatic carbocycles. The zero-order valence-corrected chi connectivity index (χ0v) is 22.7. The molecule has 9 heteroatoms. The lowest BCUT2D eigenvalue weighted by Crippen LogP contribution is -2.47. The molecule has 0 aliphatic heterocycles. The van der Waals surface area contributed by atoms with Gasteiger partial charge in [0.2, 0.25) is 21.8 Å². The minimum atomic E-state index is -3.53. The Bertz CT molecular complexity index is 1100. The number of amides is 2. The minimum Gasteiger partial charge on any atom is -0.354 e. The van der Waals surface area contributed by atoms with Gasteiger partial charge in [0.15, 0.2) is 0 Å². The van der Waals surface area contributed by atoms with Crippen LogP contribution in [0.4, 0.5) is 5.69 Å². The second-order valence-electron chi connectivity index (χ2n) is 8.90. The van der Waals surface area contributed by atoms with Gasteiger partial charge >= 0.3 is 0 Å². The number of nitrogens with zero attached hydrogens (tertiary/aromatic N) is 2. The van der Waals surface area contributed by atoms with E-state index >= 15 is 0 Å². The molecule has 1 N–H and O–H groups in total. The van der Waals surface area contributed by atoms with E-state index in [1.54, 1.807) is 19.1 Å². The summed E-state index contributed by atoms with van der Waals surface area (Å²) in [5.74, 6) is -0.435. The number of hydrogen-bond acceptors (Lipinski definition) is 4. The Kier molecular flexibility index (Phi) is 10.6. The first-order valence-corrected chi connectivity index (χ1v) is 14.0. The van der Waals surface area contributed by atoms with Gasteiger partial charge in [0.25, 0.3) is 0 Å². The zero-order chi connectivity index (χ0) is 26.2. The average molecular weight is 522 g/mol.